The SMILES string of the molecule is O=C(/C=C/[C@@H]1[C@H]2CC(=O)O[C@H]2C[C@H]1OC(=O)c1ccc(-c2ccccc2)cc1)CC1CCCC1. The van der Waals surface area contributed by atoms with Gasteiger partial charge in [-0.05, 0) is 35.3 Å². The maximum atomic E-state index is 12.9. The van der Waals surface area contributed by atoms with Crippen LogP contribution in [0.25, 0.3) is 11.1 Å². The van der Waals surface area contributed by atoms with Crippen molar-refractivity contribution < 1.29 is 23.9 Å². The maximum Gasteiger partial charge on any atom is 0.338 e. The molecule has 1 heterocycles. The lowest BCUT2D eigenvalue weighted by atomic mass is 9.91. The van der Waals surface area contributed by atoms with Gasteiger partial charge in [0.05, 0.1) is 12.0 Å². The van der Waals surface area contributed by atoms with Crippen LogP contribution in [-0.4, -0.2) is 29.9 Å². The van der Waals surface area contributed by atoms with E-state index in [-0.39, 0.29) is 29.7 Å². The van der Waals surface area contributed by atoms with Crippen molar-refractivity contribution >= 4 is 17.7 Å². The van der Waals surface area contributed by atoms with Gasteiger partial charge < -0.3 is 9.47 Å². The Kier molecular flexibility index (Phi) is 6.61. The molecule has 3 fully saturated rings. The number of esters is 2. The van der Waals surface area contributed by atoms with Crippen molar-refractivity contribution in [3.05, 3.63) is 72.3 Å². The normalized spacial score (nSPS) is 26.5. The van der Waals surface area contributed by atoms with Gasteiger partial charge in [0.1, 0.15) is 12.2 Å². The Bertz CT molecular complexity index is 1070. The average Bonchev–Trinajstić information content (AvgIpc) is 3.55. The summed E-state index contributed by atoms with van der Waals surface area (Å²) in [6.45, 7) is 0. The molecule has 2 saturated carbocycles. The lowest BCUT2D eigenvalue weighted by Crippen LogP contribution is -2.25. The molecule has 0 radical (unpaired) electrons. The van der Waals surface area contributed by atoms with Crippen LogP contribution in [-0.2, 0) is 19.1 Å². The second kappa shape index (κ2) is 9.96. The first-order valence-electron chi connectivity index (χ1n) is 12.3. The Morgan fingerprint density at radius 3 is 2.41 bits per heavy atom. The van der Waals surface area contributed by atoms with E-state index < -0.39 is 12.1 Å². The molecular formula is C29H30O5. The molecule has 1 aliphatic heterocycles. The van der Waals surface area contributed by atoms with Crippen LogP contribution in [0.4, 0.5) is 0 Å². The highest BCUT2D eigenvalue weighted by molar-refractivity contribution is 5.91. The lowest BCUT2D eigenvalue weighted by Gasteiger charge is -2.20. The van der Waals surface area contributed by atoms with Crippen LogP contribution in [0.1, 0.15) is 55.3 Å². The van der Waals surface area contributed by atoms with E-state index in [1.54, 1.807) is 18.2 Å². The van der Waals surface area contributed by atoms with Crippen LogP contribution < -0.4 is 0 Å². The van der Waals surface area contributed by atoms with E-state index in [1.807, 2.05) is 48.5 Å². The van der Waals surface area contributed by atoms with Crippen LogP contribution in [0.5, 0.6) is 0 Å². The summed E-state index contributed by atoms with van der Waals surface area (Å²) in [5.41, 5.74) is 2.59. The van der Waals surface area contributed by atoms with Gasteiger partial charge in [-0.1, -0.05) is 74.2 Å². The summed E-state index contributed by atoms with van der Waals surface area (Å²) in [6.07, 6.45) is 8.83. The van der Waals surface area contributed by atoms with E-state index in [0.29, 0.717) is 30.7 Å². The summed E-state index contributed by atoms with van der Waals surface area (Å²) in [5, 5.41) is 0. The van der Waals surface area contributed by atoms with E-state index in [2.05, 4.69) is 0 Å². The number of carbonyl (C=O) groups is 3. The van der Waals surface area contributed by atoms with Crippen molar-refractivity contribution in [2.75, 3.05) is 0 Å². The van der Waals surface area contributed by atoms with E-state index in [9.17, 15) is 14.4 Å². The molecule has 5 nitrogen and oxygen atoms in total. The number of hydrogen-bond donors (Lipinski definition) is 0. The third-order valence-electron chi connectivity index (χ3n) is 7.51. The highest BCUT2D eigenvalue weighted by atomic mass is 16.6. The van der Waals surface area contributed by atoms with Crippen LogP contribution in [0, 0.1) is 17.8 Å². The Hall–Kier alpha value is -3.21. The third kappa shape index (κ3) is 4.98. The molecule has 0 amide bonds. The number of hydrogen-bond acceptors (Lipinski definition) is 5. The second-order valence-electron chi connectivity index (χ2n) is 9.78. The van der Waals surface area contributed by atoms with Crippen molar-refractivity contribution in [1.29, 1.82) is 0 Å². The number of allylic oxidation sites excluding steroid dienone is 1. The van der Waals surface area contributed by atoms with Crippen molar-refractivity contribution in [2.24, 2.45) is 17.8 Å². The molecule has 0 unspecified atom stereocenters. The maximum absolute atomic E-state index is 12.9. The van der Waals surface area contributed by atoms with Gasteiger partial charge in [-0.25, -0.2) is 4.79 Å². The van der Waals surface area contributed by atoms with Crippen molar-refractivity contribution in [2.45, 2.75) is 57.2 Å². The Morgan fingerprint density at radius 2 is 1.68 bits per heavy atom. The Labute approximate surface area is 200 Å². The molecule has 3 aliphatic rings. The first-order valence-corrected chi connectivity index (χ1v) is 12.3. The van der Waals surface area contributed by atoms with Gasteiger partial charge in [0.2, 0.25) is 0 Å². The number of benzene rings is 2. The minimum atomic E-state index is -0.417. The largest absolute Gasteiger partial charge is 0.462 e. The summed E-state index contributed by atoms with van der Waals surface area (Å²) in [5.74, 6) is -0.268. The van der Waals surface area contributed by atoms with E-state index in [0.717, 1.165) is 24.0 Å². The van der Waals surface area contributed by atoms with E-state index in [1.165, 1.54) is 12.8 Å². The second-order valence-corrected chi connectivity index (χ2v) is 9.78. The van der Waals surface area contributed by atoms with Crippen molar-refractivity contribution in [1.82, 2.24) is 0 Å². The predicted molar refractivity (Wildman–Crippen MR) is 128 cm³/mol. The van der Waals surface area contributed by atoms with E-state index in [4.69, 9.17) is 9.47 Å². The van der Waals surface area contributed by atoms with Crippen molar-refractivity contribution in [3.63, 3.8) is 0 Å². The smallest absolute Gasteiger partial charge is 0.338 e. The molecule has 2 aromatic carbocycles. The van der Waals surface area contributed by atoms with Gasteiger partial charge in [0.15, 0.2) is 5.78 Å². The topological polar surface area (TPSA) is 69.7 Å². The Morgan fingerprint density at radius 1 is 0.971 bits per heavy atom. The first-order chi connectivity index (χ1) is 16.6. The zero-order chi connectivity index (χ0) is 23.5. The molecule has 4 atom stereocenters. The molecule has 34 heavy (non-hydrogen) atoms. The summed E-state index contributed by atoms with van der Waals surface area (Å²) in [6, 6.07) is 17.4. The molecule has 0 bridgehead atoms. The number of carbonyl (C=O) groups excluding carboxylic acids is 3. The molecule has 0 spiro atoms. The summed E-state index contributed by atoms with van der Waals surface area (Å²) in [4.78, 5) is 37.3. The fraction of sp³-hybridized carbons (Fsp3) is 0.414. The van der Waals surface area contributed by atoms with Gasteiger partial charge >= 0.3 is 11.9 Å². The number of rotatable bonds is 7. The summed E-state index contributed by atoms with van der Waals surface area (Å²) >= 11 is 0. The van der Waals surface area contributed by atoms with Crippen LogP contribution >= 0.6 is 0 Å². The molecule has 2 aliphatic carbocycles. The zero-order valence-electron chi connectivity index (χ0n) is 19.2. The molecule has 1 saturated heterocycles. The standard InChI is InChI=1S/C29H30O5/c30-23(16-19-6-4-5-7-19)14-15-24-25-17-28(31)33-27(25)18-26(24)34-29(32)22-12-10-21(11-13-22)20-8-2-1-3-9-20/h1-3,8-15,19,24-27H,4-7,16-18H2/b15-14+/t24-,25-,26-,27+/m1/s1. The monoisotopic (exact) mass is 458 g/mol. The first kappa shape index (κ1) is 22.6. The minimum Gasteiger partial charge on any atom is -0.462 e. The van der Waals surface area contributed by atoms with Gasteiger partial charge in [-0.3, -0.25) is 9.59 Å². The summed E-state index contributed by atoms with van der Waals surface area (Å²) < 4.78 is 11.4. The number of ether oxygens (including phenoxy) is 2. The van der Waals surface area contributed by atoms with Gasteiger partial charge in [0.25, 0.3) is 0 Å². The number of ketones is 1. The fourth-order valence-corrected chi connectivity index (χ4v) is 5.71. The fourth-order valence-electron chi connectivity index (χ4n) is 5.71. The van der Waals surface area contributed by atoms with Gasteiger partial charge in [0, 0.05) is 24.7 Å². The third-order valence-corrected chi connectivity index (χ3v) is 7.51. The van der Waals surface area contributed by atoms with Crippen LogP contribution in [0.3, 0.4) is 0 Å². The molecule has 2 aromatic rings. The molecule has 5 heteroatoms. The van der Waals surface area contributed by atoms with E-state index >= 15 is 0 Å². The van der Waals surface area contributed by atoms with Crippen molar-refractivity contribution in [3.8, 4) is 11.1 Å². The average molecular weight is 459 g/mol. The minimum absolute atomic E-state index is 0.0544. The molecule has 0 N–H and O–H groups in total. The molecule has 0 aromatic heterocycles. The van der Waals surface area contributed by atoms with Crippen LogP contribution in [0.2, 0.25) is 0 Å². The van der Waals surface area contributed by atoms with Gasteiger partial charge in [-0.2, -0.15) is 0 Å². The molecular weight excluding hydrogens is 428 g/mol. The predicted octanol–water partition coefficient (Wildman–Crippen LogP) is 5.54. The zero-order valence-corrected chi connectivity index (χ0v) is 19.2. The quantitative estimate of drug-likeness (QED) is 0.403. The highest BCUT2D eigenvalue weighted by Crippen LogP contribution is 2.43. The molecule has 5 rings (SSSR count). The Balaban J connectivity index is 1.26. The summed E-state index contributed by atoms with van der Waals surface area (Å²) in [7, 11) is 0. The molecule has 176 valence electrons. The van der Waals surface area contributed by atoms with Gasteiger partial charge in [-0.15, -0.1) is 0 Å². The highest BCUT2D eigenvalue weighted by Gasteiger charge is 2.50. The lowest BCUT2D eigenvalue weighted by molar-refractivity contribution is -0.141. The van der Waals surface area contributed by atoms with Crippen LogP contribution in [0.15, 0.2) is 66.7 Å². The number of fused-ring (bicyclic) bond motifs is 1.